The highest BCUT2D eigenvalue weighted by atomic mass is 15.1. The predicted molar refractivity (Wildman–Crippen MR) is 84.0 cm³/mol. The molecule has 0 bridgehead atoms. The molecule has 2 rings (SSSR count). The third-order valence-electron chi connectivity index (χ3n) is 3.84. The summed E-state index contributed by atoms with van der Waals surface area (Å²) in [7, 11) is 0. The highest BCUT2D eigenvalue weighted by Crippen LogP contribution is 2.11. The summed E-state index contributed by atoms with van der Waals surface area (Å²) in [5, 5.41) is 3.54. The van der Waals surface area contributed by atoms with Crippen molar-refractivity contribution < 1.29 is 0 Å². The lowest BCUT2D eigenvalue weighted by Crippen LogP contribution is -2.27. The van der Waals surface area contributed by atoms with Gasteiger partial charge >= 0.3 is 0 Å². The zero-order chi connectivity index (χ0) is 14.4. The van der Waals surface area contributed by atoms with Gasteiger partial charge in [0.25, 0.3) is 0 Å². The van der Waals surface area contributed by atoms with Gasteiger partial charge in [0.1, 0.15) is 5.65 Å². The topological polar surface area (TPSA) is 32.6 Å². The highest BCUT2D eigenvalue weighted by Gasteiger charge is 2.07. The van der Waals surface area contributed by atoms with Gasteiger partial charge in [0.2, 0.25) is 0 Å². The van der Waals surface area contributed by atoms with Crippen LogP contribution in [-0.2, 0) is 6.54 Å². The van der Waals surface area contributed by atoms with Gasteiger partial charge < -0.3 is 14.6 Å². The Bertz CT molecular complexity index is 528. The molecule has 4 heteroatoms. The van der Waals surface area contributed by atoms with Crippen LogP contribution in [0.15, 0.2) is 24.4 Å². The molecule has 2 aromatic heterocycles. The number of hydrogen-bond donors (Lipinski definition) is 1. The average molecular weight is 274 g/mol. The Morgan fingerprint density at radius 2 is 2.05 bits per heavy atom. The predicted octanol–water partition coefficient (Wildman–Crippen LogP) is 2.46. The fourth-order valence-corrected chi connectivity index (χ4v) is 2.55. The van der Waals surface area contributed by atoms with Gasteiger partial charge in [0.05, 0.1) is 11.4 Å². The number of imidazole rings is 1. The minimum absolute atomic E-state index is 0.884. The van der Waals surface area contributed by atoms with Crippen LogP contribution in [-0.4, -0.2) is 40.5 Å². The van der Waals surface area contributed by atoms with E-state index in [4.69, 9.17) is 0 Å². The number of pyridine rings is 1. The molecule has 0 amide bonds. The molecule has 0 aliphatic rings. The Hall–Kier alpha value is -1.39. The minimum Gasteiger partial charge on any atom is -0.311 e. The van der Waals surface area contributed by atoms with Gasteiger partial charge in [-0.05, 0) is 51.7 Å². The molecule has 4 nitrogen and oxygen atoms in total. The lowest BCUT2D eigenvalue weighted by Gasteiger charge is -2.17. The van der Waals surface area contributed by atoms with Crippen LogP contribution in [0, 0.1) is 6.92 Å². The molecule has 0 fully saturated rings. The number of aryl methyl sites for hydroxylation is 1. The Balaban J connectivity index is 1.83. The number of hydrogen-bond acceptors (Lipinski definition) is 3. The van der Waals surface area contributed by atoms with Gasteiger partial charge in [-0.25, -0.2) is 4.98 Å². The van der Waals surface area contributed by atoms with Crippen molar-refractivity contribution in [2.24, 2.45) is 0 Å². The standard InChI is InChI=1S/C16H26N4/c1-4-19(5-2)11-8-10-17-13-15-14(3)18-16-9-6-7-12-20(15)16/h6-7,9,12,17H,4-5,8,10-11,13H2,1-3H3. The van der Waals surface area contributed by atoms with Gasteiger partial charge in [-0.1, -0.05) is 19.9 Å². The second-order valence-corrected chi connectivity index (χ2v) is 5.13. The Morgan fingerprint density at radius 1 is 1.25 bits per heavy atom. The molecule has 1 N–H and O–H groups in total. The van der Waals surface area contributed by atoms with E-state index in [1.54, 1.807) is 0 Å². The maximum absolute atomic E-state index is 4.58. The van der Waals surface area contributed by atoms with Crippen LogP contribution in [0.5, 0.6) is 0 Å². The van der Waals surface area contributed by atoms with Crippen LogP contribution in [0.3, 0.4) is 0 Å². The van der Waals surface area contributed by atoms with Gasteiger partial charge in [0, 0.05) is 12.7 Å². The van der Waals surface area contributed by atoms with Crippen LogP contribution in [0.25, 0.3) is 5.65 Å². The third kappa shape index (κ3) is 3.58. The second-order valence-electron chi connectivity index (χ2n) is 5.13. The number of nitrogens with zero attached hydrogens (tertiary/aromatic N) is 3. The molecule has 0 saturated carbocycles. The monoisotopic (exact) mass is 274 g/mol. The molecule has 2 heterocycles. The molecule has 0 aliphatic heterocycles. The lowest BCUT2D eigenvalue weighted by atomic mass is 10.3. The molecule has 0 saturated heterocycles. The van der Waals surface area contributed by atoms with Gasteiger partial charge in [-0.3, -0.25) is 0 Å². The lowest BCUT2D eigenvalue weighted by molar-refractivity contribution is 0.298. The molecule has 2 aromatic rings. The van der Waals surface area contributed by atoms with E-state index in [9.17, 15) is 0 Å². The van der Waals surface area contributed by atoms with Crippen LogP contribution in [0.4, 0.5) is 0 Å². The van der Waals surface area contributed by atoms with E-state index in [1.165, 1.54) is 18.7 Å². The summed E-state index contributed by atoms with van der Waals surface area (Å²) in [6.07, 6.45) is 3.28. The fraction of sp³-hybridized carbons (Fsp3) is 0.562. The van der Waals surface area contributed by atoms with Gasteiger partial charge in [-0.15, -0.1) is 0 Å². The summed E-state index contributed by atoms with van der Waals surface area (Å²) in [5.41, 5.74) is 3.42. The average Bonchev–Trinajstić information content (AvgIpc) is 2.79. The molecule has 0 aliphatic carbocycles. The van der Waals surface area contributed by atoms with E-state index in [1.807, 2.05) is 6.07 Å². The Labute approximate surface area is 121 Å². The van der Waals surface area contributed by atoms with E-state index in [0.29, 0.717) is 0 Å². The first-order valence-corrected chi connectivity index (χ1v) is 7.61. The summed E-state index contributed by atoms with van der Waals surface area (Å²) < 4.78 is 2.17. The number of rotatable bonds is 8. The summed E-state index contributed by atoms with van der Waals surface area (Å²) in [6.45, 7) is 11.9. The van der Waals surface area contributed by atoms with Crippen molar-refractivity contribution in [3.8, 4) is 0 Å². The summed E-state index contributed by atoms with van der Waals surface area (Å²) >= 11 is 0. The van der Waals surface area contributed by atoms with Crippen molar-refractivity contribution in [1.29, 1.82) is 0 Å². The van der Waals surface area contributed by atoms with Crippen LogP contribution in [0.1, 0.15) is 31.7 Å². The smallest absolute Gasteiger partial charge is 0.137 e. The van der Waals surface area contributed by atoms with Crippen molar-refractivity contribution in [3.05, 3.63) is 35.8 Å². The van der Waals surface area contributed by atoms with E-state index in [0.717, 1.165) is 37.5 Å². The van der Waals surface area contributed by atoms with Crippen molar-refractivity contribution in [2.75, 3.05) is 26.2 Å². The molecule has 0 atom stereocenters. The molecular formula is C16H26N4. The molecule has 0 spiro atoms. The normalized spacial score (nSPS) is 11.6. The minimum atomic E-state index is 0.884. The second kappa shape index (κ2) is 7.41. The largest absolute Gasteiger partial charge is 0.311 e. The molecule has 0 unspecified atom stereocenters. The molecule has 0 aromatic carbocycles. The van der Waals surface area contributed by atoms with Crippen LogP contribution >= 0.6 is 0 Å². The summed E-state index contributed by atoms with van der Waals surface area (Å²) in [5.74, 6) is 0. The first-order chi connectivity index (χ1) is 9.76. The third-order valence-corrected chi connectivity index (χ3v) is 3.84. The molecular weight excluding hydrogens is 248 g/mol. The van der Waals surface area contributed by atoms with Crippen molar-refractivity contribution in [3.63, 3.8) is 0 Å². The zero-order valence-electron chi connectivity index (χ0n) is 12.9. The molecule has 110 valence electrons. The van der Waals surface area contributed by atoms with Crippen molar-refractivity contribution >= 4 is 5.65 Å². The number of nitrogens with one attached hydrogen (secondary N) is 1. The summed E-state index contributed by atoms with van der Waals surface area (Å²) in [6, 6.07) is 6.14. The Kier molecular flexibility index (Phi) is 5.56. The summed E-state index contributed by atoms with van der Waals surface area (Å²) in [4.78, 5) is 7.04. The van der Waals surface area contributed by atoms with Crippen LogP contribution < -0.4 is 5.32 Å². The van der Waals surface area contributed by atoms with Gasteiger partial charge in [-0.2, -0.15) is 0 Å². The van der Waals surface area contributed by atoms with E-state index >= 15 is 0 Å². The quantitative estimate of drug-likeness (QED) is 0.751. The highest BCUT2D eigenvalue weighted by molar-refractivity contribution is 5.42. The van der Waals surface area contributed by atoms with E-state index in [-0.39, 0.29) is 0 Å². The first kappa shape index (κ1) is 15.0. The fourth-order valence-electron chi connectivity index (χ4n) is 2.55. The van der Waals surface area contributed by atoms with Gasteiger partial charge in [0.15, 0.2) is 0 Å². The Morgan fingerprint density at radius 3 is 2.80 bits per heavy atom. The maximum Gasteiger partial charge on any atom is 0.137 e. The van der Waals surface area contributed by atoms with Crippen molar-refractivity contribution in [1.82, 2.24) is 19.6 Å². The molecule has 20 heavy (non-hydrogen) atoms. The molecule has 0 radical (unpaired) electrons. The number of aromatic nitrogens is 2. The first-order valence-electron chi connectivity index (χ1n) is 7.61. The maximum atomic E-state index is 4.58. The SMILES string of the molecule is CCN(CC)CCCNCc1c(C)nc2ccccn12. The number of fused-ring (bicyclic) bond motifs is 1. The van der Waals surface area contributed by atoms with E-state index in [2.05, 4.69) is 58.7 Å². The van der Waals surface area contributed by atoms with E-state index < -0.39 is 0 Å². The zero-order valence-corrected chi connectivity index (χ0v) is 12.9. The van der Waals surface area contributed by atoms with Crippen molar-refractivity contribution in [2.45, 2.75) is 33.7 Å². The van der Waals surface area contributed by atoms with Crippen LogP contribution in [0.2, 0.25) is 0 Å².